The Hall–Kier alpha value is -2.09. The number of carboxylic acid groups (broad SMARTS) is 1. The van der Waals surface area contributed by atoms with E-state index >= 15 is 0 Å². The van der Waals surface area contributed by atoms with Crippen LogP contribution in [-0.4, -0.2) is 38.3 Å². The summed E-state index contributed by atoms with van der Waals surface area (Å²) in [4.78, 5) is 21.7. The van der Waals surface area contributed by atoms with Crippen molar-refractivity contribution in [3.05, 3.63) is 24.3 Å². The van der Waals surface area contributed by atoms with Crippen LogP contribution in [0.2, 0.25) is 0 Å². The summed E-state index contributed by atoms with van der Waals surface area (Å²) in [6.45, 7) is 0.0165. The topological polar surface area (TPSA) is 113 Å². The average Bonchev–Trinajstić information content (AvgIpc) is 2.27. The molecule has 0 radical (unpaired) electrons. The molecule has 1 rings (SSSR count). The van der Waals surface area contributed by atoms with Crippen LogP contribution in [0.15, 0.2) is 29.2 Å². The van der Waals surface area contributed by atoms with Crippen LogP contribution in [0.25, 0.3) is 0 Å². The van der Waals surface area contributed by atoms with Crippen molar-refractivity contribution in [2.24, 2.45) is 0 Å². The number of benzene rings is 1. The Morgan fingerprint density at radius 1 is 1.21 bits per heavy atom. The summed E-state index contributed by atoms with van der Waals surface area (Å²) in [7, 11) is -3.27. The number of hydrogen-bond donors (Lipinski definition) is 3. The zero-order valence-electron chi connectivity index (χ0n) is 10.2. The molecule has 0 aliphatic rings. The third-order valence-corrected chi connectivity index (χ3v) is 3.29. The molecule has 3 N–H and O–H groups in total. The third-order valence-electron chi connectivity index (χ3n) is 2.16. The number of aliphatic carboxylic acids is 1. The molecule has 0 fully saturated rings. The second kappa shape index (κ2) is 6.19. The SMILES string of the molecule is CS(=O)(=O)c1ccc(NC(=O)NCCC(=O)O)cc1. The Kier molecular flexibility index (Phi) is 4.87. The first-order valence-electron chi connectivity index (χ1n) is 5.36. The largest absolute Gasteiger partial charge is 0.481 e. The van der Waals surface area contributed by atoms with Crippen LogP contribution >= 0.6 is 0 Å². The average molecular weight is 286 g/mol. The lowest BCUT2D eigenvalue weighted by Crippen LogP contribution is -2.30. The van der Waals surface area contributed by atoms with E-state index in [9.17, 15) is 18.0 Å². The van der Waals surface area contributed by atoms with Gasteiger partial charge in [-0.1, -0.05) is 0 Å². The lowest BCUT2D eigenvalue weighted by molar-refractivity contribution is -0.136. The van der Waals surface area contributed by atoms with Gasteiger partial charge in [0.25, 0.3) is 0 Å². The predicted octanol–water partition coefficient (Wildman–Crippen LogP) is 0.686. The molecule has 0 unspecified atom stereocenters. The lowest BCUT2D eigenvalue weighted by Gasteiger charge is -2.07. The minimum absolute atomic E-state index is 0.0165. The van der Waals surface area contributed by atoms with Crippen molar-refractivity contribution < 1.29 is 23.1 Å². The number of urea groups is 1. The summed E-state index contributed by atoms with van der Waals surface area (Å²) in [6, 6.07) is 5.11. The van der Waals surface area contributed by atoms with Crippen LogP contribution in [0, 0.1) is 0 Å². The molecule has 0 spiro atoms. The molecule has 7 nitrogen and oxygen atoms in total. The molecule has 0 saturated carbocycles. The van der Waals surface area contributed by atoms with Crippen LogP contribution < -0.4 is 10.6 Å². The highest BCUT2D eigenvalue weighted by molar-refractivity contribution is 7.90. The Labute approximate surface area is 110 Å². The molecule has 0 aliphatic heterocycles. The molecule has 2 amide bonds. The van der Waals surface area contributed by atoms with Crippen molar-refractivity contribution in [3.8, 4) is 0 Å². The Balaban J connectivity index is 2.54. The van der Waals surface area contributed by atoms with Gasteiger partial charge in [-0.25, -0.2) is 13.2 Å². The standard InChI is InChI=1S/C11H14N2O5S/c1-19(17,18)9-4-2-8(3-5-9)13-11(16)12-7-6-10(14)15/h2-5H,6-7H2,1H3,(H,14,15)(H2,12,13,16). The first-order valence-corrected chi connectivity index (χ1v) is 7.25. The predicted molar refractivity (Wildman–Crippen MR) is 68.8 cm³/mol. The van der Waals surface area contributed by atoms with Gasteiger partial charge in [0.2, 0.25) is 0 Å². The van der Waals surface area contributed by atoms with Crippen LogP contribution in [0.3, 0.4) is 0 Å². The van der Waals surface area contributed by atoms with E-state index < -0.39 is 21.8 Å². The number of amides is 2. The molecule has 1 aromatic rings. The number of carbonyl (C=O) groups excluding carboxylic acids is 1. The van der Waals surface area contributed by atoms with E-state index in [0.717, 1.165) is 6.26 Å². The lowest BCUT2D eigenvalue weighted by atomic mass is 10.3. The normalized spacial score (nSPS) is 10.8. The number of nitrogens with one attached hydrogen (secondary N) is 2. The molecular formula is C11H14N2O5S. The van der Waals surface area contributed by atoms with E-state index in [1.807, 2.05) is 0 Å². The summed E-state index contributed by atoms with van der Waals surface area (Å²) in [5.41, 5.74) is 0.417. The van der Waals surface area contributed by atoms with E-state index in [2.05, 4.69) is 10.6 Å². The van der Waals surface area contributed by atoms with E-state index in [1.165, 1.54) is 24.3 Å². The maximum atomic E-state index is 11.3. The first-order chi connectivity index (χ1) is 8.79. The van der Waals surface area contributed by atoms with Gasteiger partial charge in [0, 0.05) is 18.5 Å². The molecule has 0 aliphatic carbocycles. The van der Waals surface area contributed by atoms with Gasteiger partial charge in [0.05, 0.1) is 11.3 Å². The van der Waals surface area contributed by atoms with E-state index in [4.69, 9.17) is 5.11 Å². The van der Waals surface area contributed by atoms with Crippen LogP contribution in [0.5, 0.6) is 0 Å². The highest BCUT2D eigenvalue weighted by Gasteiger charge is 2.07. The van der Waals surface area contributed by atoms with Crippen LogP contribution in [0.4, 0.5) is 10.5 Å². The minimum Gasteiger partial charge on any atom is -0.481 e. The van der Waals surface area contributed by atoms with Crippen molar-refractivity contribution in [1.82, 2.24) is 5.32 Å². The highest BCUT2D eigenvalue weighted by atomic mass is 32.2. The number of rotatable bonds is 5. The number of carbonyl (C=O) groups is 2. The summed E-state index contributed by atoms with van der Waals surface area (Å²) in [5.74, 6) is -1.00. The van der Waals surface area contributed by atoms with Gasteiger partial charge in [-0.05, 0) is 24.3 Å². The maximum absolute atomic E-state index is 11.3. The number of hydrogen-bond acceptors (Lipinski definition) is 4. The minimum atomic E-state index is -3.27. The summed E-state index contributed by atoms with van der Waals surface area (Å²) in [6.07, 6.45) is 0.925. The van der Waals surface area contributed by atoms with Crippen molar-refractivity contribution >= 4 is 27.5 Å². The second-order valence-electron chi connectivity index (χ2n) is 3.82. The monoisotopic (exact) mass is 286 g/mol. The quantitative estimate of drug-likeness (QED) is 0.737. The zero-order chi connectivity index (χ0) is 14.5. The number of anilines is 1. The maximum Gasteiger partial charge on any atom is 0.319 e. The Morgan fingerprint density at radius 3 is 2.26 bits per heavy atom. The Bertz CT molecular complexity index is 565. The highest BCUT2D eigenvalue weighted by Crippen LogP contribution is 2.13. The van der Waals surface area contributed by atoms with Gasteiger partial charge in [0.15, 0.2) is 9.84 Å². The van der Waals surface area contributed by atoms with Crippen molar-refractivity contribution in [3.63, 3.8) is 0 Å². The van der Waals surface area contributed by atoms with E-state index in [0.29, 0.717) is 5.69 Å². The third kappa shape index (κ3) is 5.38. The fourth-order valence-electron chi connectivity index (χ4n) is 1.24. The van der Waals surface area contributed by atoms with Crippen LogP contribution in [-0.2, 0) is 14.6 Å². The molecule has 8 heteroatoms. The molecule has 0 atom stereocenters. The summed E-state index contributed by atoms with van der Waals surface area (Å²) < 4.78 is 22.4. The van der Waals surface area contributed by atoms with Crippen molar-refractivity contribution in [2.45, 2.75) is 11.3 Å². The Morgan fingerprint density at radius 2 is 1.79 bits per heavy atom. The smallest absolute Gasteiger partial charge is 0.319 e. The number of sulfone groups is 1. The molecular weight excluding hydrogens is 272 g/mol. The summed E-state index contributed by atoms with van der Waals surface area (Å²) in [5, 5.41) is 13.2. The molecule has 19 heavy (non-hydrogen) atoms. The van der Waals surface area contributed by atoms with Gasteiger partial charge in [-0.15, -0.1) is 0 Å². The van der Waals surface area contributed by atoms with Gasteiger partial charge in [0.1, 0.15) is 0 Å². The van der Waals surface area contributed by atoms with E-state index in [-0.39, 0.29) is 17.9 Å². The van der Waals surface area contributed by atoms with Gasteiger partial charge in [-0.3, -0.25) is 4.79 Å². The molecule has 0 bridgehead atoms. The zero-order valence-corrected chi connectivity index (χ0v) is 11.0. The fourth-order valence-corrected chi connectivity index (χ4v) is 1.87. The summed E-state index contributed by atoms with van der Waals surface area (Å²) >= 11 is 0. The molecule has 0 saturated heterocycles. The number of carboxylic acids is 1. The van der Waals surface area contributed by atoms with Gasteiger partial charge < -0.3 is 15.7 Å². The van der Waals surface area contributed by atoms with E-state index in [1.54, 1.807) is 0 Å². The molecule has 0 aromatic heterocycles. The van der Waals surface area contributed by atoms with Gasteiger partial charge in [-0.2, -0.15) is 0 Å². The van der Waals surface area contributed by atoms with Crippen LogP contribution in [0.1, 0.15) is 6.42 Å². The molecule has 0 heterocycles. The van der Waals surface area contributed by atoms with Gasteiger partial charge >= 0.3 is 12.0 Å². The molecule has 1 aromatic carbocycles. The molecule has 104 valence electrons. The van der Waals surface area contributed by atoms with Crippen molar-refractivity contribution in [2.75, 3.05) is 18.1 Å². The second-order valence-corrected chi connectivity index (χ2v) is 5.84. The first kappa shape index (κ1) is 15.0. The van der Waals surface area contributed by atoms with Crippen molar-refractivity contribution in [1.29, 1.82) is 0 Å². The fraction of sp³-hybridized carbons (Fsp3) is 0.273.